The van der Waals surface area contributed by atoms with E-state index >= 15 is 0 Å². The molecule has 0 aromatic carbocycles. The second-order valence-electron chi connectivity index (χ2n) is 6.76. The fraction of sp³-hybridized carbons (Fsp3) is 0.556. The molecule has 0 N–H and O–H groups in total. The van der Waals surface area contributed by atoms with Crippen LogP contribution in [0.3, 0.4) is 0 Å². The van der Waals surface area contributed by atoms with Crippen LogP contribution in [0.2, 0.25) is 0 Å². The van der Waals surface area contributed by atoms with Gasteiger partial charge < -0.3 is 19.1 Å². The highest BCUT2D eigenvalue weighted by atomic mass is 16.5. The number of hydrogen-bond acceptors (Lipinski definition) is 6. The summed E-state index contributed by atoms with van der Waals surface area (Å²) in [5.41, 5.74) is 1.01. The van der Waals surface area contributed by atoms with E-state index in [-0.39, 0.29) is 18.6 Å². The predicted octanol–water partition coefficient (Wildman–Crippen LogP) is 1.39. The van der Waals surface area contributed by atoms with Gasteiger partial charge in [0.1, 0.15) is 12.4 Å². The van der Waals surface area contributed by atoms with Gasteiger partial charge in [-0.15, -0.1) is 0 Å². The van der Waals surface area contributed by atoms with E-state index in [1.54, 1.807) is 12.4 Å². The standard InChI is InChI=1S/C18H24N6O2/c1-14-17-21-11-15(12-26-13-16(25)22-7-2-3-8-22)24(17)10-9-23(14)18-19-5-4-6-20-18/h4-6,11,14H,2-3,7-10,12-13H2,1H3/t14-/m1/s1. The molecule has 4 heterocycles. The first-order valence-electron chi connectivity index (χ1n) is 9.17. The number of nitrogens with zero attached hydrogens (tertiary/aromatic N) is 6. The molecular weight excluding hydrogens is 332 g/mol. The Bertz CT molecular complexity index is 756. The van der Waals surface area contributed by atoms with E-state index in [2.05, 4.69) is 31.3 Å². The first-order valence-corrected chi connectivity index (χ1v) is 9.17. The number of aromatic nitrogens is 4. The van der Waals surface area contributed by atoms with Crippen molar-refractivity contribution in [2.75, 3.05) is 31.1 Å². The molecule has 0 spiro atoms. The molecule has 2 aliphatic heterocycles. The fourth-order valence-electron chi connectivity index (χ4n) is 3.69. The number of carbonyl (C=O) groups is 1. The Balaban J connectivity index is 1.38. The van der Waals surface area contributed by atoms with E-state index in [4.69, 9.17) is 4.74 Å². The highest BCUT2D eigenvalue weighted by Crippen LogP contribution is 2.28. The molecule has 1 fully saturated rings. The van der Waals surface area contributed by atoms with Gasteiger partial charge in [-0.2, -0.15) is 0 Å². The third-order valence-electron chi connectivity index (χ3n) is 5.12. The molecule has 0 radical (unpaired) electrons. The molecule has 26 heavy (non-hydrogen) atoms. The van der Waals surface area contributed by atoms with E-state index in [0.717, 1.165) is 56.5 Å². The number of amides is 1. The number of likely N-dealkylation sites (tertiary alicyclic amines) is 1. The summed E-state index contributed by atoms with van der Waals surface area (Å²) in [5, 5.41) is 0. The Hall–Kier alpha value is -2.48. The fourth-order valence-corrected chi connectivity index (χ4v) is 3.69. The van der Waals surface area contributed by atoms with Gasteiger partial charge >= 0.3 is 0 Å². The molecule has 2 aromatic rings. The summed E-state index contributed by atoms with van der Waals surface area (Å²) in [6.45, 7) is 5.99. The van der Waals surface area contributed by atoms with Gasteiger partial charge in [-0.25, -0.2) is 15.0 Å². The maximum atomic E-state index is 12.1. The van der Waals surface area contributed by atoms with Gasteiger partial charge in [0.05, 0.1) is 24.5 Å². The minimum Gasteiger partial charge on any atom is -0.365 e. The SMILES string of the molecule is C[C@@H]1c2ncc(COCC(=O)N3CCCC3)n2CCN1c1ncccn1. The van der Waals surface area contributed by atoms with Crippen LogP contribution in [0.25, 0.3) is 0 Å². The van der Waals surface area contributed by atoms with E-state index in [1.807, 2.05) is 17.2 Å². The molecule has 1 saturated heterocycles. The molecule has 4 rings (SSSR count). The van der Waals surface area contributed by atoms with Crippen molar-refractivity contribution in [1.82, 2.24) is 24.4 Å². The molecule has 2 aromatic heterocycles. The summed E-state index contributed by atoms with van der Waals surface area (Å²) in [6, 6.07) is 1.91. The molecule has 0 saturated carbocycles. The van der Waals surface area contributed by atoms with Crippen LogP contribution in [0, 0.1) is 0 Å². The summed E-state index contributed by atoms with van der Waals surface area (Å²) in [6.07, 6.45) is 7.56. The smallest absolute Gasteiger partial charge is 0.248 e. The second-order valence-corrected chi connectivity index (χ2v) is 6.76. The Morgan fingerprint density at radius 2 is 1.92 bits per heavy atom. The van der Waals surface area contributed by atoms with Gasteiger partial charge in [-0.3, -0.25) is 4.79 Å². The van der Waals surface area contributed by atoms with Crippen LogP contribution < -0.4 is 4.90 Å². The molecule has 8 heteroatoms. The van der Waals surface area contributed by atoms with Crippen molar-refractivity contribution in [3.05, 3.63) is 36.2 Å². The zero-order chi connectivity index (χ0) is 17.9. The molecule has 1 amide bonds. The van der Waals surface area contributed by atoms with Crippen LogP contribution in [0.15, 0.2) is 24.7 Å². The van der Waals surface area contributed by atoms with Crippen LogP contribution in [0.1, 0.15) is 37.3 Å². The van der Waals surface area contributed by atoms with Crippen molar-refractivity contribution in [3.8, 4) is 0 Å². The zero-order valence-electron chi connectivity index (χ0n) is 15.0. The Morgan fingerprint density at radius 3 is 2.69 bits per heavy atom. The quantitative estimate of drug-likeness (QED) is 0.806. The predicted molar refractivity (Wildman–Crippen MR) is 95.5 cm³/mol. The maximum absolute atomic E-state index is 12.1. The van der Waals surface area contributed by atoms with Crippen LogP contribution in [-0.4, -0.2) is 56.6 Å². The summed E-state index contributed by atoms with van der Waals surface area (Å²) < 4.78 is 7.86. The summed E-state index contributed by atoms with van der Waals surface area (Å²) in [5.74, 6) is 1.79. The number of imidazole rings is 1. The van der Waals surface area contributed by atoms with E-state index in [1.165, 1.54) is 0 Å². The Kier molecular flexibility index (Phi) is 4.83. The van der Waals surface area contributed by atoms with Crippen LogP contribution in [0.5, 0.6) is 0 Å². The van der Waals surface area contributed by atoms with Gasteiger partial charge in [-0.1, -0.05) is 0 Å². The van der Waals surface area contributed by atoms with Crippen LogP contribution in [0.4, 0.5) is 5.95 Å². The first-order chi connectivity index (χ1) is 12.7. The van der Waals surface area contributed by atoms with Crippen molar-refractivity contribution in [3.63, 3.8) is 0 Å². The average Bonchev–Trinajstić information content (AvgIpc) is 3.33. The lowest BCUT2D eigenvalue weighted by Gasteiger charge is -2.34. The van der Waals surface area contributed by atoms with E-state index in [9.17, 15) is 4.79 Å². The largest absolute Gasteiger partial charge is 0.365 e. The number of fused-ring (bicyclic) bond motifs is 1. The Morgan fingerprint density at radius 1 is 1.15 bits per heavy atom. The Labute approximate surface area is 152 Å². The second kappa shape index (κ2) is 7.41. The van der Waals surface area contributed by atoms with Gasteiger partial charge in [0.15, 0.2) is 0 Å². The minimum absolute atomic E-state index is 0.0849. The monoisotopic (exact) mass is 356 g/mol. The highest BCUT2D eigenvalue weighted by Gasteiger charge is 2.28. The molecule has 0 unspecified atom stereocenters. The minimum atomic E-state index is 0.0849. The molecular formula is C18H24N6O2. The summed E-state index contributed by atoms with van der Waals surface area (Å²) in [4.78, 5) is 29.4. The van der Waals surface area contributed by atoms with Gasteiger partial charge in [0, 0.05) is 38.6 Å². The van der Waals surface area contributed by atoms with Crippen LogP contribution >= 0.6 is 0 Å². The number of anilines is 1. The molecule has 0 aliphatic carbocycles. The van der Waals surface area contributed by atoms with Gasteiger partial charge in [0.2, 0.25) is 11.9 Å². The number of rotatable bonds is 5. The van der Waals surface area contributed by atoms with Crippen molar-refractivity contribution in [1.29, 1.82) is 0 Å². The van der Waals surface area contributed by atoms with Crippen molar-refractivity contribution < 1.29 is 9.53 Å². The first kappa shape index (κ1) is 17.0. The normalized spacial score (nSPS) is 19.7. The number of hydrogen-bond donors (Lipinski definition) is 0. The van der Waals surface area contributed by atoms with Gasteiger partial charge in [0.25, 0.3) is 0 Å². The van der Waals surface area contributed by atoms with E-state index < -0.39 is 0 Å². The summed E-state index contributed by atoms with van der Waals surface area (Å²) in [7, 11) is 0. The lowest BCUT2D eigenvalue weighted by atomic mass is 10.2. The zero-order valence-corrected chi connectivity index (χ0v) is 15.0. The van der Waals surface area contributed by atoms with E-state index in [0.29, 0.717) is 6.61 Å². The lowest BCUT2D eigenvalue weighted by molar-refractivity contribution is -0.135. The molecule has 8 nitrogen and oxygen atoms in total. The number of ether oxygens (including phenoxy) is 1. The van der Waals surface area contributed by atoms with Crippen molar-refractivity contribution >= 4 is 11.9 Å². The van der Waals surface area contributed by atoms with Crippen LogP contribution in [-0.2, 0) is 22.7 Å². The number of carbonyl (C=O) groups excluding carboxylic acids is 1. The lowest BCUT2D eigenvalue weighted by Crippen LogP contribution is -2.38. The van der Waals surface area contributed by atoms with Crippen molar-refractivity contribution in [2.24, 2.45) is 0 Å². The average molecular weight is 356 g/mol. The highest BCUT2D eigenvalue weighted by molar-refractivity contribution is 5.77. The summed E-state index contributed by atoms with van der Waals surface area (Å²) >= 11 is 0. The maximum Gasteiger partial charge on any atom is 0.248 e. The molecule has 2 aliphatic rings. The third kappa shape index (κ3) is 3.29. The molecule has 1 atom stereocenters. The third-order valence-corrected chi connectivity index (χ3v) is 5.12. The topological polar surface area (TPSA) is 76.4 Å². The molecule has 138 valence electrons. The molecule has 0 bridgehead atoms. The van der Waals surface area contributed by atoms with Gasteiger partial charge in [-0.05, 0) is 25.8 Å². The van der Waals surface area contributed by atoms with Crippen molar-refractivity contribution in [2.45, 2.75) is 39.0 Å².